The van der Waals surface area contributed by atoms with Crippen LogP contribution in [0, 0.1) is 5.92 Å². The number of likely N-dealkylation sites (tertiary alicyclic amines) is 1. The zero-order valence-corrected chi connectivity index (χ0v) is 18.4. The highest BCUT2D eigenvalue weighted by Crippen LogP contribution is 2.31. The summed E-state index contributed by atoms with van der Waals surface area (Å²) in [7, 11) is 3.04. The molecule has 2 amide bonds. The number of carbonyl (C=O) groups excluding carboxylic acids is 2. The summed E-state index contributed by atoms with van der Waals surface area (Å²) in [6.07, 6.45) is -3.45. The van der Waals surface area contributed by atoms with E-state index in [9.17, 15) is 22.8 Å². The van der Waals surface area contributed by atoms with Crippen LogP contribution in [0.25, 0.3) is 0 Å². The van der Waals surface area contributed by atoms with Gasteiger partial charge in [-0.3, -0.25) is 14.5 Å². The number of piperidine rings is 1. The molecule has 0 bridgehead atoms. The summed E-state index contributed by atoms with van der Waals surface area (Å²) in [4.78, 5) is 26.8. The summed E-state index contributed by atoms with van der Waals surface area (Å²) in [5, 5.41) is 5.39. The zero-order valence-electron chi connectivity index (χ0n) is 18.4. The SMILES string of the molecule is COc1ccc(NC(=O)CN2CCC(C(=O)Nc3cccc(C(F)(F)F)c3)CC2)cc1OC. The number of ether oxygens (including phenoxy) is 2. The molecule has 2 aromatic carbocycles. The van der Waals surface area contributed by atoms with Crippen molar-refractivity contribution >= 4 is 23.2 Å². The Morgan fingerprint density at radius 1 is 0.970 bits per heavy atom. The summed E-state index contributed by atoms with van der Waals surface area (Å²) in [5.74, 6) is 0.214. The van der Waals surface area contributed by atoms with Crippen molar-refractivity contribution in [2.24, 2.45) is 5.92 Å². The number of rotatable bonds is 7. The van der Waals surface area contributed by atoms with Crippen LogP contribution < -0.4 is 20.1 Å². The third kappa shape index (κ3) is 6.61. The summed E-state index contributed by atoms with van der Waals surface area (Å²) in [5.41, 5.74) is -0.116. The quantitative estimate of drug-likeness (QED) is 0.646. The lowest BCUT2D eigenvalue weighted by atomic mass is 9.95. The first-order valence-electron chi connectivity index (χ1n) is 10.4. The summed E-state index contributed by atoms with van der Waals surface area (Å²) in [6, 6.07) is 9.65. The number of nitrogens with one attached hydrogen (secondary N) is 2. The molecule has 0 aliphatic carbocycles. The number of benzene rings is 2. The van der Waals surface area contributed by atoms with Gasteiger partial charge >= 0.3 is 6.18 Å². The molecule has 0 unspecified atom stereocenters. The van der Waals surface area contributed by atoms with Crippen molar-refractivity contribution in [2.75, 3.05) is 44.5 Å². The van der Waals surface area contributed by atoms with Gasteiger partial charge in [0.25, 0.3) is 0 Å². The second-order valence-corrected chi connectivity index (χ2v) is 7.74. The van der Waals surface area contributed by atoms with Crippen LogP contribution in [0.5, 0.6) is 11.5 Å². The van der Waals surface area contributed by atoms with Crippen LogP contribution in [-0.2, 0) is 15.8 Å². The van der Waals surface area contributed by atoms with Crippen LogP contribution in [0.2, 0.25) is 0 Å². The number of methoxy groups -OCH3 is 2. The average molecular weight is 465 g/mol. The molecule has 2 aromatic rings. The number of carbonyl (C=O) groups is 2. The van der Waals surface area contributed by atoms with Gasteiger partial charge < -0.3 is 20.1 Å². The number of anilines is 2. The van der Waals surface area contributed by atoms with Crippen molar-refractivity contribution in [2.45, 2.75) is 19.0 Å². The van der Waals surface area contributed by atoms with E-state index in [0.29, 0.717) is 43.1 Å². The maximum absolute atomic E-state index is 12.9. The van der Waals surface area contributed by atoms with Crippen molar-refractivity contribution in [3.63, 3.8) is 0 Å². The van der Waals surface area contributed by atoms with Gasteiger partial charge in [-0.15, -0.1) is 0 Å². The topological polar surface area (TPSA) is 79.9 Å². The number of hydrogen-bond acceptors (Lipinski definition) is 5. The molecular weight excluding hydrogens is 439 g/mol. The van der Waals surface area contributed by atoms with Gasteiger partial charge in [-0.2, -0.15) is 13.2 Å². The number of halogens is 3. The van der Waals surface area contributed by atoms with Crippen LogP contribution in [0.3, 0.4) is 0 Å². The van der Waals surface area contributed by atoms with Gasteiger partial charge in [0.05, 0.1) is 26.3 Å². The number of hydrogen-bond donors (Lipinski definition) is 2. The molecule has 0 atom stereocenters. The summed E-state index contributed by atoms with van der Waals surface area (Å²) >= 11 is 0. The maximum atomic E-state index is 12.9. The molecule has 33 heavy (non-hydrogen) atoms. The lowest BCUT2D eigenvalue weighted by Crippen LogP contribution is -2.41. The Morgan fingerprint density at radius 2 is 1.64 bits per heavy atom. The van der Waals surface area contributed by atoms with Crippen LogP contribution in [-0.4, -0.2) is 50.6 Å². The number of alkyl halides is 3. The average Bonchev–Trinajstić information content (AvgIpc) is 2.79. The molecule has 3 rings (SSSR count). The minimum absolute atomic E-state index is 0.117. The van der Waals surface area contributed by atoms with Crippen LogP contribution in [0.1, 0.15) is 18.4 Å². The summed E-state index contributed by atoms with van der Waals surface area (Å²) < 4.78 is 49.0. The van der Waals surface area contributed by atoms with E-state index < -0.39 is 11.7 Å². The molecule has 7 nitrogen and oxygen atoms in total. The fourth-order valence-electron chi connectivity index (χ4n) is 3.69. The summed E-state index contributed by atoms with van der Waals surface area (Å²) in [6.45, 7) is 1.22. The van der Waals surface area contributed by atoms with Crippen LogP contribution in [0.4, 0.5) is 24.5 Å². The van der Waals surface area contributed by atoms with E-state index in [0.717, 1.165) is 12.1 Å². The first-order chi connectivity index (χ1) is 15.7. The Kier molecular flexibility index (Phi) is 7.80. The predicted octanol–water partition coefficient (Wildman–Crippen LogP) is 4.01. The molecule has 1 fully saturated rings. The van der Waals surface area contributed by atoms with Gasteiger partial charge in [-0.1, -0.05) is 6.07 Å². The van der Waals surface area contributed by atoms with E-state index >= 15 is 0 Å². The van der Waals surface area contributed by atoms with Crippen molar-refractivity contribution in [3.8, 4) is 11.5 Å². The second-order valence-electron chi connectivity index (χ2n) is 7.74. The lowest BCUT2D eigenvalue weighted by Gasteiger charge is -2.30. The smallest absolute Gasteiger partial charge is 0.416 e. The number of nitrogens with zero attached hydrogens (tertiary/aromatic N) is 1. The highest BCUT2D eigenvalue weighted by Gasteiger charge is 2.31. The third-order valence-electron chi connectivity index (χ3n) is 5.45. The first kappa shape index (κ1) is 24.4. The number of amides is 2. The highest BCUT2D eigenvalue weighted by atomic mass is 19.4. The van der Waals surface area contributed by atoms with E-state index in [4.69, 9.17) is 9.47 Å². The Labute approximate surface area is 189 Å². The van der Waals surface area contributed by atoms with Crippen molar-refractivity contribution in [1.29, 1.82) is 0 Å². The van der Waals surface area contributed by atoms with Gasteiger partial charge in [-0.05, 0) is 56.3 Å². The van der Waals surface area contributed by atoms with Crippen LogP contribution in [0.15, 0.2) is 42.5 Å². The second kappa shape index (κ2) is 10.6. The Morgan fingerprint density at radius 3 is 2.27 bits per heavy atom. The molecule has 1 heterocycles. The van der Waals surface area contributed by atoms with Gasteiger partial charge in [0.15, 0.2) is 11.5 Å². The van der Waals surface area contributed by atoms with E-state index in [1.807, 2.05) is 4.90 Å². The molecule has 10 heteroatoms. The Bertz CT molecular complexity index is 989. The standard InChI is InChI=1S/C23H26F3N3O4/c1-32-19-7-6-18(13-20(19)33-2)27-21(30)14-29-10-8-15(9-11-29)22(31)28-17-5-3-4-16(12-17)23(24,25)26/h3-7,12-13,15H,8-11,14H2,1-2H3,(H,27,30)(H,28,31). The zero-order chi connectivity index (χ0) is 24.0. The van der Waals surface area contributed by atoms with Gasteiger partial charge in [0.2, 0.25) is 11.8 Å². The third-order valence-corrected chi connectivity index (χ3v) is 5.45. The minimum Gasteiger partial charge on any atom is -0.493 e. The Balaban J connectivity index is 1.48. The molecule has 0 aromatic heterocycles. The Hall–Kier alpha value is -3.27. The van der Waals surface area contributed by atoms with Crippen molar-refractivity contribution in [3.05, 3.63) is 48.0 Å². The normalized spacial score (nSPS) is 15.1. The van der Waals surface area contributed by atoms with Crippen molar-refractivity contribution in [1.82, 2.24) is 4.90 Å². The molecule has 178 valence electrons. The molecule has 1 aliphatic heterocycles. The van der Waals surface area contributed by atoms with Gasteiger partial charge in [0, 0.05) is 23.4 Å². The van der Waals surface area contributed by atoms with E-state index in [-0.39, 0.29) is 30.0 Å². The van der Waals surface area contributed by atoms with E-state index in [1.165, 1.54) is 26.4 Å². The highest BCUT2D eigenvalue weighted by molar-refractivity contribution is 5.93. The molecule has 1 aliphatic rings. The fourth-order valence-corrected chi connectivity index (χ4v) is 3.69. The fraction of sp³-hybridized carbons (Fsp3) is 0.391. The monoisotopic (exact) mass is 465 g/mol. The largest absolute Gasteiger partial charge is 0.493 e. The van der Waals surface area contributed by atoms with Crippen LogP contribution >= 0.6 is 0 Å². The molecular formula is C23H26F3N3O4. The predicted molar refractivity (Wildman–Crippen MR) is 117 cm³/mol. The van der Waals surface area contributed by atoms with Gasteiger partial charge in [0.1, 0.15) is 0 Å². The van der Waals surface area contributed by atoms with Crippen molar-refractivity contribution < 1.29 is 32.2 Å². The molecule has 2 N–H and O–H groups in total. The van der Waals surface area contributed by atoms with E-state index in [2.05, 4.69) is 10.6 Å². The van der Waals surface area contributed by atoms with E-state index in [1.54, 1.807) is 18.2 Å². The van der Waals surface area contributed by atoms with Gasteiger partial charge in [-0.25, -0.2) is 0 Å². The minimum atomic E-state index is -4.47. The molecule has 1 saturated heterocycles. The maximum Gasteiger partial charge on any atom is 0.416 e. The molecule has 0 radical (unpaired) electrons. The first-order valence-corrected chi connectivity index (χ1v) is 10.4. The molecule has 0 spiro atoms. The molecule has 0 saturated carbocycles. The lowest BCUT2D eigenvalue weighted by molar-refractivity contribution is -0.137.